The lowest BCUT2D eigenvalue weighted by Crippen LogP contribution is -2.48. The van der Waals surface area contributed by atoms with Gasteiger partial charge in [0.15, 0.2) is 5.75 Å². The first-order valence-electron chi connectivity index (χ1n) is 5.68. The number of rotatable bonds is 4. The smallest absolute Gasteiger partial charge is 0.471 e. The number of aromatic hydroxyl groups is 1. The van der Waals surface area contributed by atoms with Crippen LogP contribution in [0.25, 0.3) is 0 Å². The van der Waals surface area contributed by atoms with Gasteiger partial charge in [-0.3, -0.25) is 4.79 Å². The van der Waals surface area contributed by atoms with Crippen molar-refractivity contribution >= 4 is 35.1 Å². The third-order valence-electron chi connectivity index (χ3n) is 2.56. The minimum atomic E-state index is -5.14. The first kappa shape index (κ1) is 18.4. The molecule has 0 radical (unpaired) electrons. The first-order chi connectivity index (χ1) is 10.1. The number of hydrogen-bond donors (Lipinski definition) is 2. The third kappa shape index (κ3) is 4.67. The van der Waals surface area contributed by atoms with Crippen molar-refractivity contribution in [1.29, 1.82) is 0 Å². The number of hydrogen-bond acceptors (Lipinski definition) is 4. The second-order valence-corrected chi connectivity index (χ2v) is 4.97. The Hall–Kier alpha value is -1.67. The second-order valence-electron chi connectivity index (χ2n) is 4.16. The van der Waals surface area contributed by atoms with E-state index in [1.165, 1.54) is 17.4 Å². The van der Waals surface area contributed by atoms with Gasteiger partial charge in [0.1, 0.15) is 6.04 Å². The number of alkyl halides is 3. The van der Waals surface area contributed by atoms with Crippen molar-refractivity contribution in [3.63, 3.8) is 0 Å². The molecule has 1 amide bonds. The standard InChI is InChI=1S/C12H10Cl2F3NO4/c1-22-10(20)8(18-11(21)12(15,16)17)4-5-2-6(13)9(19)7(14)3-5/h2-3,8,19H,4H2,1H3,(H,18,21)/t8-/m0/s1. The van der Waals surface area contributed by atoms with Crippen LogP contribution in [0.2, 0.25) is 10.0 Å². The lowest BCUT2D eigenvalue weighted by molar-refractivity contribution is -0.175. The van der Waals surface area contributed by atoms with Crippen LogP contribution < -0.4 is 5.32 Å². The van der Waals surface area contributed by atoms with Crippen molar-refractivity contribution in [3.8, 4) is 5.75 Å². The summed E-state index contributed by atoms with van der Waals surface area (Å²) < 4.78 is 41.1. The van der Waals surface area contributed by atoms with E-state index < -0.39 is 29.8 Å². The molecule has 22 heavy (non-hydrogen) atoms. The highest BCUT2D eigenvalue weighted by atomic mass is 35.5. The van der Waals surface area contributed by atoms with Crippen molar-refractivity contribution in [2.45, 2.75) is 18.6 Å². The van der Waals surface area contributed by atoms with Crippen molar-refractivity contribution < 1.29 is 32.6 Å². The molecule has 0 bridgehead atoms. The van der Waals surface area contributed by atoms with Crippen molar-refractivity contribution in [3.05, 3.63) is 27.7 Å². The van der Waals surface area contributed by atoms with Gasteiger partial charge in [0.2, 0.25) is 0 Å². The fourth-order valence-corrected chi connectivity index (χ4v) is 2.08. The fourth-order valence-electron chi connectivity index (χ4n) is 1.55. The van der Waals surface area contributed by atoms with E-state index in [1.54, 1.807) is 0 Å². The van der Waals surface area contributed by atoms with Crippen LogP contribution in [0.3, 0.4) is 0 Å². The third-order valence-corrected chi connectivity index (χ3v) is 3.14. The average molecular weight is 360 g/mol. The van der Waals surface area contributed by atoms with Gasteiger partial charge in [-0.25, -0.2) is 4.79 Å². The van der Waals surface area contributed by atoms with Gasteiger partial charge < -0.3 is 15.2 Å². The van der Waals surface area contributed by atoms with E-state index in [9.17, 15) is 27.9 Å². The summed E-state index contributed by atoms with van der Waals surface area (Å²) in [6.07, 6.45) is -5.50. The summed E-state index contributed by atoms with van der Waals surface area (Å²) in [6.45, 7) is 0. The van der Waals surface area contributed by atoms with Gasteiger partial charge in [0, 0.05) is 6.42 Å². The minimum absolute atomic E-state index is 0.145. The molecule has 122 valence electrons. The minimum Gasteiger partial charge on any atom is -0.505 e. The molecule has 0 aliphatic carbocycles. The molecule has 1 aromatic rings. The number of ether oxygens (including phenoxy) is 1. The van der Waals surface area contributed by atoms with Crippen molar-refractivity contribution in [2.24, 2.45) is 0 Å². The van der Waals surface area contributed by atoms with E-state index in [2.05, 4.69) is 4.74 Å². The molecule has 10 heteroatoms. The lowest BCUT2D eigenvalue weighted by atomic mass is 10.1. The number of carbonyl (C=O) groups excluding carboxylic acids is 2. The van der Waals surface area contributed by atoms with Gasteiger partial charge in [-0.15, -0.1) is 0 Å². The van der Waals surface area contributed by atoms with E-state index >= 15 is 0 Å². The summed E-state index contributed by atoms with van der Waals surface area (Å²) in [5.74, 6) is -3.75. The highest BCUT2D eigenvalue weighted by Crippen LogP contribution is 2.33. The normalized spacial score (nSPS) is 12.6. The van der Waals surface area contributed by atoms with Gasteiger partial charge in [0.05, 0.1) is 17.2 Å². The summed E-state index contributed by atoms with van der Waals surface area (Å²) in [4.78, 5) is 22.4. The van der Waals surface area contributed by atoms with E-state index in [0.717, 1.165) is 7.11 Å². The highest BCUT2D eigenvalue weighted by molar-refractivity contribution is 6.37. The molecule has 0 unspecified atom stereocenters. The molecular formula is C12H10Cl2F3NO4. The molecule has 1 aromatic carbocycles. The van der Waals surface area contributed by atoms with Crippen molar-refractivity contribution in [2.75, 3.05) is 7.11 Å². The Bertz CT molecular complexity index is 569. The van der Waals surface area contributed by atoms with Gasteiger partial charge in [-0.2, -0.15) is 13.2 Å². The van der Waals surface area contributed by atoms with Gasteiger partial charge in [0.25, 0.3) is 0 Å². The SMILES string of the molecule is COC(=O)[C@H](Cc1cc(Cl)c(O)c(Cl)c1)NC(=O)C(F)(F)F. The maximum absolute atomic E-state index is 12.3. The maximum atomic E-state index is 12.3. The predicted molar refractivity (Wildman–Crippen MR) is 71.8 cm³/mol. The molecule has 0 spiro atoms. The molecule has 0 aliphatic heterocycles. The summed E-state index contributed by atoms with van der Waals surface area (Å²) in [6, 6.07) is 0.826. The molecule has 0 heterocycles. The van der Waals surface area contributed by atoms with Crippen LogP contribution in [0.15, 0.2) is 12.1 Å². The van der Waals surface area contributed by atoms with Crippen LogP contribution in [0.4, 0.5) is 13.2 Å². The average Bonchev–Trinajstić information content (AvgIpc) is 2.41. The van der Waals surface area contributed by atoms with E-state index in [1.807, 2.05) is 0 Å². The molecule has 5 nitrogen and oxygen atoms in total. The molecule has 0 fully saturated rings. The number of benzene rings is 1. The molecule has 0 saturated carbocycles. The molecule has 0 aromatic heterocycles. The zero-order valence-electron chi connectivity index (χ0n) is 11.0. The van der Waals surface area contributed by atoms with Crippen LogP contribution in [0.1, 0.15) is 5.56 Å². The zero-order valence-corrected chi connectivity index (χ0v) is 12.5. The Labute approximate surface area is 133 Å². The van der Waals surface area contributed by atoms with Crippen LogP contribution in [0, 0.1) is 0 Å². The largest absolute Gasteiger partial charge is 0.505 e. The summed E-state index contributed by atoms with van der Waals surface area (Å²) in [5.41, 5.74) is 0.227. The molecule has 0 aliphatic rings. The van der Waals surface area contributed by atoms with Crippen LogP contribution in [-0.4, -0.2) is 36.3 Å². The molecule has 2 N–H and O–H groups in total. The van der Waals surface area contributed by atoms with Crippen LogP contribution >= 0.6 is 23.2 Å². The Balaban J connectivity index is 3.00. The van der Waals surface area contributed by atoms with Crippen LogP contribution in [-0.2, 0) is 20.7 Å². The second kappa shape index (κ2) is 7.06. The number of esters is 1. The van der Waals surface area contributed by atoms with Gasteiger partial charge in [-0.1, -0.05) is 23.2 Å². The lowest BCUT2D eigenvalue weighted by Gasteiger charge is -2.18. The highest BCUT2D eigenvalue weighted by Gasteiger charge is 2.41. The Morgan fingerprint density at radius 2 is 1.82 bits per heavy atom. The molecular weight excluding hydrogens is 350 g/mol. The maximum Gasteiger partial charge on any atom is 0.471 e. The fraction of sp³-hybridized carbons (Fsp3) is 0.333. The predicted octanol–water partition coefficient (Wildman–Crippen LogP) is 2.46. The Morgan fingerprint density at radius 3 is 2.23 bits per heavy atom. The molecule has 1 rings (SSSR count). The number of carbonyl (C=O) groups is 2. The molecule has 0 saturated heterocycles. The number of amides is 1. The summed E-state index contributed by atoms with van der Waals surface area (Å²) in [7, 11) is 0.964. The van der Waals surface area contributed by atoms with Gasteiger partial charge in [-0.05, 0) is 17.7 Å². The molecule has 1 atom stereocenters. The number of halogens is 5. The Kier molecular flexibility index (Phi) is 5.90. The van der Waals surface area contributed by atoms with E-state index in [0.29, 0.717) is 0 Å². The summed E-state index contributed by atoms with van der Waals surface area (Å²) >= 11 is 11.4. The van der Waals surface area contributed by atoms with Crippen molar-refractivity contribution in [1.82, 2.24) is 5.32 Å². The quantitative estimate of drug-likeness (QED) is 0.809. The van der Waals surface area contributed by atoms with Crippen LogP contribution in [0.5, 0.6) is 5.75 Å². The topological polar surface area (TPSA) is 75.6 Å². The number of nitrogens with one attached hydrogen (secondary N) is 1. The monoisotopic (exact) mass is 359 g/mol. The van der Waals surface area contributed by atoms with E-state index in [4.69, 9.17) is 23.2 Å². The number of phenols is 1. The number of methoxy groups -OCH3 is 1. The van der Waals surface area contributed by atoms with E-state index in [-0.39, 0.29) is 22.0 Å². The van der Waals surface area contributed by atoms with Gasteiger partial charge >= 0.3 is 18.1 Å². The summed E-state index contributed by atoms with van der Waals surface area (Å²) in [5, 5.41) is 10.6. The number of phenolic OH excluding ortho intramolecular Hbond substituents is 1. The first-order valence-corrected chi connectivity index (χ1v) is 6.44. The zero-order chi connectivity index (χ0) is 17.1. The Morgan fingerprint density at radius 1 is 1.32 bits per heavy atom.